The zero-order valence-corrected chi connectivity index (χ0v) is 19.9. The molecule has 2 atom stereocenters. The van der Waals surface area contributed by atoms with Crippen molar-refractivity contribution in [3.63, 3.8) is 0 Å². The first-order chi connectivity index (χ1) is 15.3. The quantitative estimate of drug-likeness (QED) is 0.396. The molecule has 0 fully saturated rings. The zero-order valence-electron chi connectivity index (χ0n) is 16.3. The van der Waals surface area contributed by atoms with Gasteiger partial charge in [0.2, 0.25) is 0 Å². The average molecular weight is 581 g/mol. The second-order valence-corrected chi connectivity index (χ2v) is 9.26. The summed E-state index contributed by atoms with van der Waals surface area (Å²) in [7, 11) is 0. The van der Waals surface area contributed by atoms with Crippen LogP contribution in [0.3, 0.4) is 0 Å². The fourth-order valence-electron chi connectivity index (χ4n) is 3.68. The molecule has 0 spiro atoms. The molecular weight excluding hydrogens is 566 g/mol. The number of rotatable bonds is 4. The number of hydrogen-bond acceptors (Lipinski definition) is 3. The van der Waals surface area contributed by atoms with Gasteiger partial charge in [0.1, 0.15) is 6.04 Å². The Balaban J connectivity index is 1.95. The first-order valence-electron chi connectivity index (χ1n) is 9.43. The first kappa shape index (κ1) is 22.6. The predicted octanol–water partition coefficient (Wildman–Crippen LogP) is 5.56. The van der Waals surface area contributed by atoms with Crippen LogP contribution in [0.25, 0.3) is 0 Å². The first-order valence-corrected chi connectivity index (χ1v) is 11.3. The summed E-state index contributed by atoms with van der Waals surface area (Å²) in [5.74, 6) is -2.39. The number of halogens is 3. The minimum atomic E-state index is -1.44. The van der Waals surface area contributed by atoms with Gasteiger partial charge in [-0.05, 0) is 76.2 Å². The molecule has 0 aliphatic carbocycles. The van der Waals surface area contributed by atoms with Crippen LogP contribution in [-0.4, -0.2) is 27.8 Å². The van der Waals surface area contributed by atoms with E-state index in [2.05, 4.69) is 27.9 Å². The number of fused-ring (bicyclic) bond motifs is 1. The van der Waals surface area contributed by atoms with Crippen molar-refractivity contribution in [1.82, 2.24) is 4.90 Å². The Morgan fingerprint density at radius 3 is 2.16 bits per heavy atom. The highest BCUT2D eigenvalue weighted by Gasteiger charge is 2.43. The molecule has 0 unspecified atom stereocenters. The highest BCUT2D eigenvalue weighted by Crippen LogP contribution is 2.38. The minimum absolute atomic E-state index is 0.210. The number of carboxylic acid groups (broad SMARTS) is 1. The van der Waals surface area contributed by atoms with Crippen LogP contribution in [0.15, 0.2) is 66.7 Å². The molecule has 0 bridgehead atoms. The summed E-state index contributed by atoms with van der Waals surface area (Å²) in [5.41, 5.74) is 1.28. The van der Waals surface area contributed by atoms with Crippen LogP contribution in [-0.2, 0) is 9.59 Å². The molecule has 32 heavy (non-hydrogen) atoms. The molecule has 4 rings (SSSR count). The van der Waals surface area contributed by atoms with Gasteiger partial charge in [-0.1, -0.05) is 47.5 Å². The highest BCUT2D eigenvalue weighted by atomic mass is 127. The average Bonchev–Trinajstić information content (AvgIpc) is 2.85. The van der Waals surface area contributed by atoms with Crippen molar-refractivity contribution in [3.05, 3.63) is 97.0 Å². The Hall–Kier alpha value is -2.62. The number of anilines is 1. The molecule has 0 saturated carbocycles. The summed E-state index contributed by atoms with van der Waals surface area (Å²) in [6.07, 6.45) is 0. The highest BCUT2D eigenvalue weighted by molar-refractivity contribution is 14.1. The van der Waals surface area contributed by atoms with Gasteiger partial charge in [-0.25, -0.2) is 4.79 Å². The van der Waals surface area contributed by atoms with Gasteiger partial charge < -0.3 is 15.3 Å². The molecule has 0 radical (unpaired) electrons. The van der Waals surface area contributed by atoms with Crippen LogP contribution in [0.4, 0.5) is 5.69 Å². The van der Waals surface area contributed by atoms with E-state index in [4.69, 9.17) is 23.2 Å². The van der Waals surface area contributed by atoms with E-state index in [9.17, 15) is 19.5 Å². The number of carboxylic acids is 1. The van der Waals surface area contributed by atoms with E-state index in [-0.39, 0.29) is 5.56 Å². The molecule has 162 valence electrons. The Morgan fingerprint density at radius 2 is 1.56 bits per heavy atom. The van der Waals surface area contributed by atoms with Crippen molar-refractivity contribution in [2.45, 2.75) is 12.1 Å². The van der Waals surface area contributed by atoms with E-state index in [1.807, 2.05) is 0 Å². The van der Waals surface area contributed by atoms with E-state index in [0.29, 0.717) is 26.9 Å². The van der Waals surface area contributed by atoms with Gasteiger partial charge in [0, 0.05) is 13.6 Å². The SMILES string of the molecule is O=C(O)[C@H](c1ccc(Cl)cc1)N1C(=O)c2cc(I)ccc2NC(=O)[C@H]1c1ccc(Cl)cc1. The van der Waals surface area contributed by atoms with Gasteiger partial charge in [0.25, 0.3) is 11.8 Å². The summed E-state index contributed by atoms with van der Waals surface area (Å²) in [6, 6.07) is 14.9. The Labute approximate surface area is 207 Å². The largest absolute Gasteiger partial charge is 0.479 e. The number of carbonyl (C=O) groups is 3. The van der Waals surface area contributed by atoms with Crippen molar-refractivity contribution >= 4 is 69.3 Å². The van der Waals surface area contributed by atoms with Crippen LogP contribution < -0.4 is 5.32 Å². The third-order valence-corrected chi connectivity index (χ3v) is 6.29. The lowest BCUT2D eigenvalue weighted by molar-refractivity contribution is -0.144. The standard InChI is InChI=1S/C23H15Cl2IN2O4/c24-14-5-1-12(2-6-14)19-21(29)27-18-10-9-16(26)11-17(18)22(30)28(19)20(23(31)32)13-3-7-15(25)8-4-13/h1-11,19-20H,(H,27,29)(H,31,32)/t19-,20+/m1/s1. The van der Waals surface area contributed by atoms with Gasteiger partial charge in [0.05, 0.1) is 11.3 Å². The smallest absolute Gasteiger partial charge is 0.331 e. The van der Waals surface area contributed by atoms with Crippen molar-refractivity contribution in [2.24, 2.45) is 0 Å². The van der Waals surface area contributed by atoms with Crippen molar-refractivity contribution in [3.8, 4) is 0 Å². The summed E-state index contributed by atoms with van der Waals surface area (Å²) in [4.78, 5) is 40.7. The third kappa shape index (κ3) is 4.32. The molecule has 9 heteroatoms. The molecule has 0 aromatic heterocycles. The molecule has 3 aromatic carbocycles. The van der Waals surface area contributed by atoms with Crippen LogP contribution in [0.1, 0.15) is 33.6 Å². The maximum atomic E-state index is 13.8. The van der Waals surface area contributed by atoms with Crippen LogP contribution in [0.2, 0.25) is 10.0 Å². The Morgan fingerprint density at radius 1 is 0.969 bits per heavy atom. The van der Waals surface area contributed by atoms with Crippen LogP contribution >= 0.6 is 45.8 Å². The number of nitrogens with one attached hydrogen (secondary N) is 1. The number of amides is 2. The molecular formula is C23H15Cl2IN2O4. The lowest BCUT2D eigenvalue weighted by Gasteiger charge is -2.34. The van der Waals surface area contributed by atoms with Gasteiger partial charge in [-0.15, -0.1) is 0 Å². The van der Waals surface area contributed by atoms with Gasteiger partial charge in [-0.2, -0.15) is 0 Å². The fourth-order valence-corrected chi connectivity index (χ4v) is 4.42. The van der Waals surface area contributed by atoms with Gasteiger partial charge in [0.15, 0.2) is 6.04 Å². The summed E-state index contributed by atoms with van der Waals surface area (Å²) < 4.78 is 0.771. The fraction of sp³-hybridized carbons (Fsp3) is 0.0870. The Kier molecular flexibility index (Phi) is 6.41. The van der Waals surface area contributed by atoms with E-state index < -0.39 is 29.9 Å². The maximum Gasteiger partial charge on any atom is 0.331 e. The second-order valence-electron chi connectivity index (χ2n) is 7.14. The minimum Gasteiger partial charge on any atom is -0.479 e. The number of nitrogens with zero attached hydrogens (tertiary/aromatic N) is 1. The lowest BCUT2D eigenvalue weighted by Crippen LogP contribution is -2.44. The molecule has 0 saturated heterocycles. The van der Waals surface area contributed by atoms with E-state index in [1.165, 1.54) is 12.1 Å². The molecule has 1 aliphatic heterocycles. The summed E-state index contributed by atoms with van der Waals surface area (Å²) in [6.45, 7) is 0. The molecule has 3 aromatic rings. The van der Waals surface area contributed by atoms with E-state index >= 15 is 0 Å². The number of hydrogen-bond donors (Lipinski definition) is 2. The predicted molar refractivity (Wildman–Crippen MR) is 130 cm³/mol. The van der Waals surface area contributed by atoms with Crippen LogP contribution in [0.5, 0.6) is 0 Å². The monoisotopic (exact) mass is 580 g/mol. The van der Waals surface area contributed by atoms with Crippen molar-refractivity contribution < 1.29 is 19.5 Å². The molecule has 1 aliphatic rings. The zero-order chi connectivity index (χ0) is 23.0. The molecule has 1 heterocycles. The van der Waals surface area contributed by atoms with Gasteiger partial charge >= 0.3 is 5.97 Å². The topological polar surface area (TPSA) is 86.7 Å². The number of carbonyl (C=O) groups excluding carboxylic acids is 2. The summed E-state index contributed by atoms with van der Waals surface area (Å²) in [5, 5.41) is 13.8. The van der Waals surface area contributed by atoms with Crippen molar-refractivity contribution in [2.75, 3.05) is 5.32 Å². The third-order valence-electron chi connectivity index (χ3n) is 5.11. The maximum absolute atomic E-state index is 13.8. The Bertz CT molecular complexity index is 1220. The molecule has 6 nitrogen and oxygen atoms in total. The normalized spacial score (nSPS) is 16.7. The van der Waals surface area contributed by atoms with Gasteiger partial charge in [-0.3, -0.25) is 9.59 Å². The summed E-state index contributed by atoms with van der Waals surface area (Å²) >= 11 is 14.0. The van der Waals surface area contributed by atoms with Crippen LogP contribution in [0, 0.1) is 3.57 Å². The second kappa shape index (κ2) is 9.09. The molecule has 2 amide bonds. The van der Waals surface area contributed by atoms with Crippen molar-refractivity contribution in [1.29, 1.82) is 0 Å². The number of aliphatic carboxylic acids is 1. The molecule has 2 N–H and O–H groups in total. The van der Waals surface area contributed by atoms with E-state index in [0.717, 1.165) is 8.47 Å². The lowest BCUT2D eigenvalue weighted by atomic mass is 9.98. The van der Waals surface area contributed by atoms with E-state index in [1.54, 1.807) is 54.6 Å². The number of benzene rings is 3.